The van der Waals surface area contributed by atoms with Crippen LogP contribution in [0, 0.1) is 0 Å². The molecule has 0 aliphatic rings. The highest BCUT2D eigenvalue weighted by Crippen LogP contribution is 1.95. The molecule has 0 amide bonds. The lowest BCUT2D eigenvalue weighted by Gasteiger charge is -1.94. The molecule has 11 heavy (non-hydrogen) atoms. The van der Waals surface area contributed by atoms with Gasteiger partial charge in [-0.3, -0.25) is 14.4 Å². The van der Waals surface area contributed by atoms with Gasteiger partial charge in [0.15, 0.2) is 5.78 Å². The molecule has 5 heteroatoms. The van der Waals surface area contributed by atoms with E-state index in [1.165, 1.54) is 6.92 Å². The van der Waals surface area contributed by atoms with Crippen molar-refractivity contribution in [3.8, 4) is 0 Å². The first-order valence-electron chi connectivity index (χ1n) is 2.91. The van der Waals surface area contributed by atoms with Crippen molar-refractivity contribution in [2.75, 3.05) is 0 Å². The topological polar surface area (TPSA) is 60.4 Å². The lowest BCUT2D eigenvalue weighted by Crippen LogP contribution is -2.10. The number of Topliss-reactive ketones (excluding diaryl/α,β-unsaturated/α-hetero) is 2. The molecule has 0 radical (unpaired) electrons. The van der Waals surface area contributed by atoms with Crippen LogP contribution in [0.15, 0.2) is 0 Å². The minimum Gasteiger partial charge on any atom is -0.394 e. The van der Waals surface area contributed by atoms with E-state index in [-0.39, 0.29) is 18.6 Å². The molecule has 0 rings (SSSR count). The Morgan fingerprint density at radius 1 is 1.27 bits per heavy atom. The Morgan fingerprint density at radius 2 is 1.82 bits per heavy atom. The Balaban J connectivity index is 3.70. The number of rotatable bonds is 4. The second-order valence-electron chi connectivity index (χ2n) is 2.06. The van der Waals surface area contributed by atoms with Crippen molar-refractivity contribution in [2.45, 2.75) is 19.8 Å². The van der Waals surface area contributed by atoms with Gasteiger partial charge in [0.25, 0.3) is 0 Å². The maximum Gasteiger partial charge on any atom is 0.325 e. The first kappa shape index (κ1) is 10.2. The zero-order valence-corrected chi connectivity index (χ0v) is 6.89. The average molecular weight is 176 g/mol. The molecule has 0 bridgehead atoms. The Labute approximate surface area is 69.5 Å². The molecule has 0 fully saturated rings. The standard InChI is InChI=1S/C6H8O4S/c1-4(7)2-5(8)3-6(9)10-11/h11H,2-3H2,1H3. The Bertz CT molecular complexity index is 187. The molecular formula is C6H8O4S. The van der Waals surface area contributed by atoms with E-state index in [0.29, 0.717) is 0 Å². The SMILES string of the molecule is CC(=O)CC(=O)CC(=O)OS. The smallest absolute Gasteiger partial charge is 0.325 e. The Morgan fingerprint density at radius 3 is 2.18 bits per heavy atom. The van der Waals surface area contributed by atoms with Crippen LogP contribution in [0.5, 0.6) is 0 Å². The quantitative estimate of drug-likeness (QED) is 0.380. The first-order chi connectivity index (χ1) is 5.06. The second kappa shape index (κ2) is 4.90. The van der Waals surface area contributed by atoms with Crippen LogP contribution in [0.2, 0.25) is 0 Å². The van der Waals surface area contributed by atoms with E-state index in [2.05, 4.69) is 17.1 Å². The maximum atomic E-state index is 10.7. The normalized spacial score (nSPS) is 8.91. The highest BCUT2D eigenvalue weighted by molar-refractivity contribution is 7.75. The summed E-state index contributed by atoms with van der Waals surface area (Å²) < 4.78 is 3.93. The number of carbonyl (C=O) groups excluding carboxylic acids is 3. The molecule has 0 spiro atoms. The van der Waals surface area contributed by atoms with Gasteiger partial charge < -0.3 is 4.18 Å². The van der Waals surface area contributed by atoms with Gasteiger partial charge in [-0.2, -0.15) is 0 Å². The second-order valence-corrected chi connectivity index (χ2v) is 2.24. The van der Waals surface area contributed by atoms with Crippen molar-refractivity contribution in [3.63, 3.8) is 0 Å². The lowest BCUT2D eigenvalue weighted by atomic mass is 10.2. The zero-order valence-electron chi connectivity index (χ0n) is 5.99. The van der Waals surface area contributed by atoms with Crippen LogP contribution in [-0.4, -0.2) is 17.5 Å². The first-order valence-corrected chi connectivity index (χ1v) is 3.28. The predicted octanol–water partition coefficient (Wildman–Crippen LogP) is 0.313. The van der Waals surface area contributed by atoms with Gasteiger partial charge in [0, 0.05) is 12.9 Å². The predicted molar refractivity (Wildman–Crippen MR) is 40.0 cm³/mol. The summed E-state index contributed by atoms with van der Waals surface area (Å²) in [5.41, 5.74) is 0. The van der Waals surface area contributed by atoms with Gasteiger partial charge in [0.2, 0.25) is 0 Å². The monoisotopic (exact) mass is 176 g/mol. The minimum absolute atomic E-state index is 0.219. The van der Waals surface area contributed by atoms with Gasteiger partial charge >= 0.3 is 5.97 Å². The van der Waals surface area contributed by atoms with E-state index in [9.17, 15) is 14.4 Å². The molecule has 0 unspecified atom stereocenters. The summed E-state index contributed by atoms with van der Waals surface area (Å²) in [5.74, 6) is -1.45. The molecule has 0 heterocycles. The van der Waals surface area contributed by atoms with Crippen LogP contribution in [0.25, 0.3) is 0 Å². The number of hydrogen-bond donors (Lipinski definition) is 1. The zero-order chi connectivity index (χ0) is 8.85. The van der Waals surface area contributed by atoms with Crippen LogP contribution in [-0.2, 0) is 18.6 Å². The molecule has 0 aromatic heterocycles. The van der Waals surface area contributed by atoms with Crippen LogP contribution in [0.4, 0.5) is 0 Å². The Kier molecular flexibility index (Phi) is 4.52. The van der Waals surface area contributed by atoms with Crippen molar-refractivity contribution in [1.29, 1.82) is 0 Å². The summed E-state index contributed by atoms with van der Waals surface area (Å²) in [7, 11) is 0. The fourth-order valence-corrected chi connectivity index (χ4v) is 0.598. The Hall–Kier alpha value is -0.840. The highest BCUT2D eigenvalue weighted by Gasteiger charge is 2.11. The molecule has 0 aromatic rings. The van der Waals surface area contributed by atoms with Crippen molar-refractivity contribution in [3.05, 3.63) is 0 Å². The minimum atomic E-state index is -0.736. The van der Waals surface area contributed by atoms with Crippen molar-refractivity contribution >= 4 is 30.4 Å². The molecule has 0 aliphatic heterocycles. The third-order valence-corrected chi connectivity index (χ3v) is 1.09. The maximum absolute atomic E-state index is 10.7. The van der Waals surface area contributed by atoms with Crippen LogP contribution >= 0.6 is 12.9 Å². The van der Waals surface area contributed by atoms with Gasteiger partial charge in [-0.05, 0) is 6.92 Å². The van der Waals surface area contributed by atoms with Crippen LogP contribution in [0.3, 0.4) is 0 Å². The fourth-order valence-electron chi connectivity index (χ4n) is 0.533. The van der Waals surface area contributed by atoms with Crippen molar-refractivity contribution < 1.29 is 18.6 Å². The van der Waals surface area contributed by atoms with E-state index in [1.807, 2.05) is 0 Å². The summed E-state index contributed by atoms with van der Waals surface area (Å²) in [6.45, 7) is 1.28. The summed E-state index contributed by atoms with van der Waals surface area (Å²) in [6, 6.07) is 0. The van der Waals surface area contributed by atoms with Gasteiger partial charge in [-0.1, -0.05) is 0 Å². The molecule has 0 aromatic carbocycles. The number of hydrogen-bond acceptors (Lipinski definition) is 5. The van der Waals surface area contributed by atoms with Gasteiger partial charge in [-0.25, -0.2) is 0 Å². The van der Waals surface area contributed by atoms with Crippen molar-refractivity contribution in [2.24, 2.45) is 0 Å². The summed E-state index contributed by atoms with van der Waals surface area (Å²) in [6.07, 6.45) is -0.605. The third kappa shape index (κ3) is 5.60. The summed E-state index contributed by atoms with van der Waals surface area (Å²) >= 11 is 3.19. The molecule has 0 saturated heterocycles. The van der Waals surface area contributed by atoms with Gasteiger partial charge in [0.05, 0.1) is 6.42 Å². The van der Waals surface area contributed by atoms with E-state index < -0.39 is 11.8 Å². The molecule has 0 aliphatic carbocycles. The molecule has 0 saturated carbocycles. The lowest BCUT2D eigenvalue weighted by molar-refractivity contribution is -0.137. The van der Waals surface area contributed by atoms with Crippen molar-refractivity contribution in [1.82, 2.24) is 0 Å². The highest BCUT2D eigenvalue weighted by atomic mass is 32.1. The summed E-state index contributed by atoms with van der Waals surface area (Å²) in [5, 5.41) is 0. The average Bonchev–Trinajstić information content (AvgIpc) is 1.85. The largest absolute Gasteiger partial charge is 0.394 e. The molecule has 0 atom stereocenters. The van der Waals surface area contributed by atoms with E-state index in [4.69, 9.17) is 0 Å². The molecular weight excluding hydrogens is 168 g/mol. The van der Waals surface area contributed by atoms with Gasteiger partial charge in [0.1, 0.15) is 12.2 Å². The number of ketones is 2. The third-order valence-electron chi connectivity index (χ3n) is 0.889. The van der Waals surface area contributed by atoms with Gasteiger partial charge in [-0.15, -0.1) is 0 Å². The van der Waals surface area contributed by atoms with Crippen LogP contribution in [0.1, 0.15) is 19.8 Å². The molecule has 62 valence electrons. The summed E-state index contributed by atoms with van der Waals surface area (Å²) in [4.78, 5) is 31.4. The number of carbonyl (C=O) groups is 3. The van der Waals surface area contributed by atoms with E-state index in [0.717, 1.165) is 0 Å². The number of thiol groups is 1. The van der Waals surface area contributed by atoms with E-state index in [1.54, 1.807) is 0 Å². The molecule has 4 nitrogen and oxygen atoms in total. The van der Waals surface area contributed by atoms with Crippen LogP contribution < -0.4 is 0 Å². The van der Waals surface area contributed by atoms with E-state index >= 15 is 0 Å². The fraction of sp³-hybridized carbons (Fsp3) is 0.500. The molecule has 0 N–H and O–H groups in total.